The van der Waals surface area contributed by atoms with Crippen LogP contribution in [0.2, 0.25) is 0 Å². The van der Waals surface area contributed by atoms with Gasteiger partial charge in [0.05, 0.1) is 5.69 Å². The summed E-state index contributed by atoms with van der Waals surface area (Å²) in [6, 6.07) is 4.06. The van der Waals surface area contributed by atoms with E-state index in [2.05, 4.69) is 15.3 Å². The number of pyridine rings is 1. The van der Waals surface area contributed by atoms with Crippen LogP contribution in [0.15, 0.2) is 24.4 Å². The summed E-state index contributed by atoms with van der Waals surface area (Å²) < 4.78 is 41.6. The second-order valence-electron chi connectivity index (χ2n) is 4.43. The van der Waals surface area contributed by atoms with Crippen molar-refractivity contribution in [1.82, 2.24) is 24.4 Å². The Kier molecular flexibility index (Phi) is 2.56. The van der Waals surface area contributed by atoms with Crippen LogP contribution < -0.4 is 0 Å². The topological polar surface area (TPSA) is 48.0 Å². The molecule has 0 atom stereocenters. The van der Waals surface area contributed by atoms with Crippen LogP contribution in [0.25, 0.3) is 17.2 Å². The summed E-state index contributed by atoms with van der Waals surface area (Å²) >= 11 is 0. The largest absolute Gasteiger partial charge is 0.420 e. The molecule has 8 heteroatoms. The molecular formula is C12H10F3N5. The van der Waals surface area contributed by atoms with E-state index in [0.29, 0.717) is 11.5 Å². The van der Waals surface area contributed by atoms with Crippen LogP contribution in [0.3, 0.4) is 0 Å². The molecule has 3 heterocycles. The molecule has 0 aliphatic rings. The van der Waals surface area contributed by atoms with E-state index in [1.165, 1.54) is 16.7 Å². The van der Waals surface area contributed by atoms with Crippen LogP contribution in [0, 0.1) is 6.92 Å². The Balaban J connectivity index is 2.28. The molecule has 0 bridgehead atoms. The monoisotopic (exact) mass is 281 g/mol. The first-order valence-corrected chi connectivity index (χ1v) is 5.80. The summed E-state index contributed by atoms with van der Waals surface area (Å²) in [5.41, 5.74) is 0.340. The van der Waals surface area contributed by atoms with Gasteiger partial charge in [0.25, 0.3) is 0 Å². The van der Waals surface area contributed by atoms with Gasteiger partial charge in [-0.2, -0.15) is 18.3 Å². The Bertz CT molecular complexity index is 784. The fraction of sp³-hybridized carbons (Fsp3) is 0.250. The summed E-state index contributed by atoms with van der Waals surface area (Å²) in [4.78, 5) is 0. The van der Waals surface area contributed by atoms with Gasteiger partial charge in [0.2, 0.25) is 0 Å². The van der Waals surface area contributed by atoms with Gasteiger partial charge in [-0.25, -0.2) is 0 Å². The van der Waals surface area contributed by atoms with Crippen molar-refractivity contribution in [3.05, 3.63) is 35.7 Å². The number of hydrogen-bond acceptors (Lipinski definition) is 3. The first-order valence-electron chi connectivity index (χ1n) is 5.80. The Morgan fingerprint density at radius 2 is 1.95 bits per heavy atom. The maximum atomic E-state index is 12.9. The van der Waals surface area contributed by atoms with Crippen LogP contribution in [-0.2, 0) is 13.2 Å². The molecule has 3 aromatic rings. The lowest BCUT2D eigenvalue weighted by Gasteiger charge is -2.07. The van der Waals surface area contributed by atoms with E-state index in [-0.39, 0.29) is 5.65 Å². The summed E-state index contributed by atoms with van der Waals surface area (Å²) in [6.07, 6.45) is -2.96. The first-order chi connectivity index (χ1) is 9.38. The quantitative estimate of drug-likeness (QED) is 0.688. The Morgan fingerprint density at radius 1 is 1.20 bits per heavy atom. The van der Waals surface area contributed by atoms with Crippen LogP contribution in [-0.4, -0.2) is 24.4 Å². The molecule has 3 aromatic heterocycles. The Morgan fingerprint density at radius 3 is 2.55 bits per heavy atom. The molecule has 104 valence electrons. The normalized spacial score (nSPS) is 12.2. The summed E-state index contributed by atoms with van der Waals surface area (Å²) in [6.45, 7) is 1.80. The van der Waals surface area contributed by atoms with Crippen molar-refractivity contribution in [2.75, 3.05) is 0 Å². The number of fused-ring (bicyclic) bond motifs is 1. The molecule has 5 nitrogen and oxygen atoms in total. The molecule has 0 spiro atoms. The molecule has 0 saturated heterocycles. The third-order valence-corrected chi connectivity index (χ3v) is 2.97. The van der Waals surface area contributed by atoms with Gasteiger partial charge in [-0.15, -0.1) is 10.2 Å². The first kappa shape index (κ1) is 12.6. The van der Waals surface area contributed by atoms with Crippen molar-refractivity contribution in [3.63, 3.8) is 0 Å². The lowest BCUT2D eigenvalue weighted by atomic mass is 10.2. The molecule has 0 amide bonds. The van der Waals surface area contributed by atoms with Gasteiger partial charge in [0.15, 0.2) is 11.5 Å². The minimum atomic E-state index is -4.46. The fourth-order valence-electron chi connectivity index (χ4n) is 2.13. The number of hydrogen-bond donors (Lipinski definition) is 0. The molecule has 0 N–H and O–H groups in total. The van der Waals surface area contributed by atoms with E-state index in [9.17, 15) is 13.2 Å². The van der Waals surface area contributed by atoms with Gasteiger partial charge in [-0.3, -0.25) is 9.08 Å². The maximum absolute atomic E-state index is 12.9. The van der Waals surface area contributed by atoms with E-state index in [0.717, 1.165) is 11.8 Å². The SMILES string of the molecule is Cc1cc(-c2nnc3c(C(F)(F)F)cccn23)n(C)n1. The second kappa shape index (κ2) is 4.06. The lowest BCUT2D eigenvalue weighted by Crippen LogP contribution is -2.07. The van der Waals surface area contributed by atoms with Crippen LogP contribution in [0.1, 0.15) is 11.3 Å². The van der Waals surface area contributed by atoms with Crippen molar-refractivity contribution >= 4 is 5.65 Å². The zero-order chi connectivity index (χ0) is 14.5. The maximum Gasteiger partial charge on any atom is 0.420 e. The summed E-state index contributed by atoms with van der Waals surface area (Å²) in [5, 5.41) is 11.7. The van der Waals surface area contributed by atoms with Gasteiger partial charge in [0, 0.05) is 13.2 Å². The highest BCUT2D eigenvalue weighted by Gasteiger charge is 2.34. The number of rotatable bonds is 1. The highest BCUT2D eigenvalue weighted by Crippen LogP contribution is 2.32. The smallest absolute Gasteiger partial charge is 0.281 e. The molecule has 0 aliphatic heterocycles. The van der Waals surface area contributed by atoms with Gasteiger partial charge in [-0.1, -0.05) is 0 Å². The zero-order valence-corrected chi connectivity index (χ0v) is 10.7. The van der Waals surface area contributed by atoms with E-state index in [4.69, 9.17) is 0 Å². The van der Waals surface area contributed by atoms with Crippen molar-refractivity contribution in [3.8, 4) is 11.5 Å². The third-order valence-electron chi connectivity index (χ3n) is 2.97. The molecule has 0 saturated carbocycles. The van der Waals surface area contributed by atoms with E-state index < -0.39 is 11.7 Å². The standard InChI is InChI=1S/C12H10F3N5/c1-7-6-9(19(2)18-7)11-17-16-10-8(12(13,14)15)4-3-5-20(10)11/h3-6H,1-2H3. The number of halogens is 3. The molecule has 0 fully saturated rings. The van der Waals surface area contributed by atoms with Crippen LogP contribution in [0.4, 0.5) is 13.2 Å². The Hall–Kier alpha value is -2.38. The number of nitrogens with zero attached hydrogens (tertiary/aromatic N) is 5. The minimum absolute atomic E-state index is 0.214. The fourth-order valence-corrected chi connectivity index (χ4v) is 2.13. The number of aryl methyl sites for hydroxylation is 2. The predicted molar refractivity (Wildman–Crippen MR) is 64.9 cm³/mol. The highest BCUT2D eigenvalue weighted by atomic mass is 19.4. The highest BCUT2D eigenvalue weighted by molar-refractivity contribution is 5.59. The van der Waals surface area contributed by atoms with E-state index >= 15 is 0 Å². The van der Waals surface area contributed by atoms with Crippen molar-refractivity contribution in [2.24, 2.45) is 7.05 Å². The summed E-state index contributed by atoms with van der Waals surface area (Å²) in [5.74, 6) is 0.328. The van der Waals surface area contributed by atoms with Crippen LogP contribution >= 0.6 is 0 Å². The average molecular weight is 281 g/mol. The number of alkyl halides is 3. The average Bonchev–Trinajstić information content (AvgIpc) is 2.90. The van der Waals surface area contributed by atoms with Gasteiger partial charge in [0.1, 0.15) is 11.3 Å². The second-order valence-corrected chi connectivity index (χ2v) is 4.43. The molecule has 0 unspecified atom stereocenters. The minimum Gasteiger partial charge on any atom is -0.281 e. The zero-order valence-electron chi connectivity index (χ0n) is 10.7. The Labute approximate surface area is 111 Å². The van der Waals surface area contributed by atoms with E-state index in [1.54, 1.807) is 24.7 Å². The molecular weight excluding hydrogens is 271 g/mol. The molecule has 0 aromatic carbocycles. The van der Waals surface area contributed by atoms with Gasteiger partial charge in [-0.05, 0) is 25.1 Å². The predicted octanol–water partition coefficient (Wildman–Crippen LogP) is 2.46. The van der Waals surface area contributed by atoms with Crippen LogP contribution in [0.5, 0.6) is 0 Å². The molecule has 3 rings (SSSR count). The third kappa shape index (κ3) is 1.84. The van der Waals surface area contributed by atoms with E-state index in [1.807, 2.05) is 0 Å². The van der Waals surface area contributed by atoms with Gasteiger partial charge >= 0.3 is 6.18 Å². The van der Waals surface area contributed by atoms with Crippen molar-refractivity contribution in [2.45, 2.75) is 13.1 Å². The van der Waals surface area contributed by atoms with Crippen molar-refractivity contribution < 1.29 is 13.2 Å². The van der Waals surface area contributed by atoms with Crippen molar-refractivity contribution in [1.29, 1.82) is 0 Å². The van der Waals surface area contributed by atoms with Gasteiger partial charge < -0.3 is 0 Å². The molecule has 20 heavy (non-hydrogen) atoms. The summed E-state index contributed by atoms with van der Waals surface area (Å²) in [7, 11) is 1.71. The lowest BCUT2D eigenvalue weighted by molar-refractivity contribution is -0.136. The molecule has 0 radical (unpaired) electrons. The molecule has 0 aliphatic carbocycles. The number of aromatic nitrogens is 5.